The van der Waals surface area contributed by atoms with Crippen LogP contribution >= 0.6 is 0 Å². The number of ether oxygens (including phenoxy) is 3. The van der Waals surface area contributed by atoms with Crippen molar-refractivity contribution in [3.05, 3.63) is 24.3 Å². The van der Waals surface area contributed by atoms with Crippen molar-refractivity contribution in [2.45, 2.75) is 284 Å². The molecular formula is C53H100O5. The summed E-state index contributed by atoms with van der Waals surface area (Å²) in [5.74, 6) is -0.399. The van der Waals surface area contributed by atoms with Crippen molar-refractivity contribution < 1.29 is 23.8 Å². The Balaban J connectivity index is 3.96. The van der Waals surface area contributed by atoms with Gasteiger partial charge in [0.2, 0.25) is 0 Å². The molecule has 0 saturated heterocycles. The first-order valence-electron chi connectivity index (χ1n) is 25.9. The highest BCUT2D eigenvalue weighted by molar-refractivity contribution is 5.70. The van der Waals surface area contributed by atoms with E-state index in [2.05, 4.69) is 45.1 Å². The van der Waals surface area contributed by atoms with Crippen molar-refractivity contribution in [3.8, 4) is 0 Å². The zero-order valence-corrected chi connectivity index (χ0v) is 39.3. The van der Waals surface area contributed by atoms with Gasteiger partial charge < -0.3 is 14.2 Å². The molecule has 0 radical (unpaired) electrons. The second kappa shape index (κ2) is 49.7. The number of esters is 2. The van der Waals surface area contributed by atoms with Gasteiger partial charge >= 0.3 is 11.9 Å². The first kappa shape index (κ1) is 56.4. The highest BCUT2D eigenvalue weighted by Gasteiger charge is 2.17. The molecule has 0 N–H and O–H groups in total. The summed E-state index contributed by atoms with van der Waals surface area (Å²) in [4.78, 5) is 25.1. The Morgan fingerprint density at radius 2 is 0.724 bits per heavy atom. The Hall–Kier alpha value is -1.62. The highest BCUT2D eigenvalue weighted by Crippen LogP contribution is 2.16. The van der Waals surface area contributed by atoms with E-state index in [1.807, 2.05) is 0 Å². The van der Waals surface area contributed by atoms with Gasteiger partial charge in [0.25, 0.3) is 0 Å². The van der Waals surface area contributed by atoms with E-state index in [-0.39, 0.29) is 18.5 Å². The lowest BCUT2D eigenvalue weighted by Gasteiger charge is -2.18. The monoisotopic (exact) mass is 817 g/mol. The summed E-state index contributed by atoms with van der Waals surface area (Å²) < 4.78 is 17.3. The molecule has 0 aliphatic carbocycles. The van der Waals surface area contributed by atoms with E-state index >= 15 is 0 Å². The van der Waals surface area contributed by atoms with Gasteiger partial charge in [-0.15, -0.1) is 0 Å². The fourth-order valence-corrected chi connectivity index (χ4v) is 7.60. The van der Waals surface area contributed by atoms with Gasteiger partial charge in [-0.25, -0.2) is 0 Å². The molecule has 0 aliphatic heterocycles. The minimum atomic E-state index is -0.527. The van der Waals surface area contributed by atoms with Gasteiger partial charge in [0.1, 0.15) is 6.61 Å². The Morgan fingerprint density at radius 3 is 1.17 bits per heavy atom. The topological polar surface area (TPSA) is 61.8 Å². The van der Waals surface area contributed by atoms with Crippen LogP contribution in [0.4, 0.5) is 0 Å². The van der Waals surface area contributed by atoms with Crippen molar-refractivity contribution in [3.63, 3.8) is 0 Å². The number of allylic oxidation sites excluding steroid dienone is 4. The lowest BCUT2D eigenvalue weighted by atomic mass is 10.0. The number of unbranched alkanes of at least 4 members (excludes halogenated alkanes) is 33. The lowest BCUT2D eigenvalue weighted by Crippen LogP contribution is -2.30. The van der Waals surface area contributed by atoms with Crippen LogP contribution in [-0.2, 0) is 23.8 Å². The number of carbonyl (C=O) groups excluding carboxylic acids is 2. The molecule has 5 nitrogen and oxygen atoms in total. The summed E-state index contributed by atoms with van der Waals surface area (Å²) in [5, 5.41) is 0. The van der Waals surface area contributed by atoms with Crippen LogP contribution in [0.5, 0.6) is 0 Å². The van der Waals surface area contributed by atoms with Crippen molar-refractivity contribution in [1.29, 1.82) is 0 Å². The largest absolute Gasteiger partial charge is 0.462 e. The summed E-state index contributed by atoms with van der Waals surface area (Å²) in [7, 11) is 0. The van der Waals surface area contributed by atoms with Gasteiger partial charge in [-0.05, 0) is 51.4 Å². The minimum Gasteiger partial charge on any atom is -0.462 e. The SMILES string of the molecule is CCCCC/C=C\C/C=C\CCCCCCCCCCCC(=O)OCC(COCCCCCCCCCCCCCCCCCCCC)OC(=O)CCCCCCC. The molecule has 58 heavy (non-hydrogen) atoms. The second-order valence-corrected chi connectivity index (χ2v) is 17.4. The maximum atomic E-state index is 12.6. The van der Waals surface area contributed by atoms with E-state index in [4.69, 9.17) is 14.2 Å². The summed E-state index contributed by atoms with van der Waals surface area (Å²) in [6.45, 7) is 7.78. The number of rotatable bonds is 48. The fourth-order valence-electron chi connectivity index (χ4n) is 7.60. The van der Waals surface area contributed by atoms with Gasteiger partial charge in [0.05, 0.1) is 6.61 Å². The van der Waals surface area contributed by atoms with Gasteiger partial charge in [-0.1, -0.05) is 238 Å². The molecule has 0 spiro atoms. The molecule has 0 bridgehead atoms. The average molecular weight is 817 g/mol. The summed E-state index contributed by atoms with van der Waals surface area (Å²) in [5.41, 5.74) is 0. The Labute approximate surface area is 362 Å². The smallest absolute Gasteiger partial charge is 0.306 e. The Morgan fingerprint density at radius 1 is 0.379 bits per heavy atom. The van der Waals surface area contributed by atoms with Gasteiger partial charge in [0.15, 0.2) is 6.10 Å². The molecule has 342 valence electrons. The van der Waals surface area contributed by atoms with E-state index in [0.717, 1.165) is 44.9 Å². The standard InChI is InChI=1S/C53H100O5/c1-4-7-10-13-15-17-19-21-23-25-27-28-30-32-34-36-38-41-43-46-52(54)57-50-51(58-53(55)47-44-40-12-9-6-3)49-56-48-45-42-39-37-35-33-31-29-26-24-22-20-18-16-14-11-8-5-2/h15,17,21,23,51H,4-14,16,18-20,22,24-50H2,1-3H3/b17-15-,23-21-. The lowest BCUT2D eigenvalue weighted by molar-refractivity contribution is -0.163. The molecular weight excluding hydrogens is 717 g/mol. The van der Waals surface area contributed by atoms with E-state index < -0.39 is 6.10 Å². The number of hydrogen-bond donors (Lipinski definition) is 0. The van der Waals surface area contributed by atoms with Crippen LogP contribution in [-0.4, -0.2) is 37.9 Å². The van der Waals surface area contributed by atoms with Crippen molar-refractivity contribution in [1.82, 2.24) is 0 Å². The summed E-state index contributed by atoms with van der Waals surface area (Å²) >= 11 is 0. The fraction of sp³-hybridized carbons (Fsp3) is 0.887. The number of carbonyl (C=O) groups is 2. The summed E-state index contributed by atoms with van der Waals surface area (Å²) in [6.07, 6.45) is 57.9. The van der Waals surface area contributed by atoms with Crippen LogP contribution in [0.25, 0.3) is 0 Å². The van der Waals surface area contributed by atoms with Crippen LogP contribution in [0.1, 0.15) is 278 Å². The van der Waals surface area contributed by atoms with E-state index in [1.54, 1.807) is 0 Å². The van der Waals surface area contributed by atoms with Crippen molar-refractivity contribution >= 4 is 11.9 Å². The van der Waals surface area contributed by atoms with E-state index in [1.165, 1.54) is 199 Å². The first-order chi connectivity index (χ1) is 28.6. The zero-order chi connectivity index (χ0) is 42.1. The number of hydrogen-bond acceptors (Lipinski definition) is 5. The van der Waals surface area contributed by atoms with E-state index in [0.29, 0.717) is 26.1 Å². The highest BCUT2D eigenvalue weighted by atomic mass is 16.6. The molecule has 0 rings (SSSR count). The predicted octanol–water partition coefficient (Wildman–Crippen LogP) is 17.2. The average Bonchev–Trinajstić information content (AvgIpc) is 3.22. The Kier molecular flexibility index (Phi) is 48.4. The van der Waals surface area contributed by atoms with Gasteiger partial charge in [-0.2, -0.15) is 0 Å². The minimum absolute atomic E-state index is 0.0888. The predicted molar refractivity (Wildman–Crippen MR) is 252 cm³/mol. The van der Waals surface area contributed by atoms with Crippen LogP contribution in [0, 0.1) is 0 Å². The second-order valence-electron chi connectivity index (χ2n) is 17.4. The van der Waals surface area contributed by atoms with Crippen LogP contribution < -0.4 is 0 Å². The Bertz CT molecular complexity index is 882. The molecule has 0 amide bonds. The van der Waals surface area contributed by atoms with Crippen molar-refractivity contribution in [2.24, 2.45) is 0 Å². The summed E-state index contributed by atoms with van der Waals surface area (Å²) in [6, 6.07) is 0. The van der Waals surface area contributed by atoms with E-state index in [9.17, 15) is 9.59 Å². The molecule has 0 aromatic rings. The van der Waals surface area contributed by atoms with Crippen LogP contribution in [0.2, 0.25) is 0 Å². The van der Waals surface area contributed by atoms with Crippen LogP contribution in [0.3, 0.4) is 0 Å². The molecule has 0 fully saturated rings. The molecule has 0 aromatic heterocycles. The third kappa shape index (κ3) is 47.1. The van der Waals surface area contributed by atoms with Crippen molar-refractivity contribution in [2.75, 3.05) is 19.8 Å². The molecule has 0 aliphatic rings. The van der Waals surface area contributed by atoms with Crippen LogP contribution in [0.15, 0.2) is 24.3 Å². The molecule has 0 heterocycles. The molecule has 1 atom stereocenters. The third-order valence-corrected chi connectivity index (χ3v) is 11.5. The molecule has 1 unspecified atom stereocenters. The molecule has 0 saturated carbocycles. The maximum absolute atomic E-state index is 12.6. The zero-order valence-electron chi connectivity index (χ0n) is 39.3. The first-order valence-corrected chi connectivity index (χ1v) is 25.9. The molecule has 5 heteroatoms. The third-order valence-electron chi connectivity index (χ3n) is 11.5. The van der Waals surface area contributed by atoms with Gasteiger partial charge in [0, 0.05) is 19.4 Å². The maximum Gasteiger partial charge on any atom is 0.306 e. The van der Waals surface area contributed by atoms with Gasteiger partial charge in [-0.3, -0.25) is 9.59 Å². The quantitative estimate of drug-likeness (QED) is 0.0348. The normalized spacial score (nSPS) is 12.3. The molecule has 0 aromatic carbocycles.